The molecule has 0 aromatic heterocycles. The Morgan fingerprint density at radius 2 is 2.00 bits per heavy atom. The van der Waals surface area contributed by atoms with E-state index in [0.29, 0.717) is 25.2 Å². The average molecular weight is 363 g/mol. The van der Waals surface area contributed by atoms with Crippen LogP contribution in [0.25, 0.3) is 0 Å². The van der Waals surface area contributed by atoms with E-state index in [2.05, 4.69) is 0 Å². The summed E-state index contributed by atoms with van der Waals surface area (Å²) in [5.74, 6) is -0.503. The number of rotatable bonds is 7. The molecule has 2 rings (SSSR count). The van der Waals surface area contributed by atoms with Crippen LogP contribution in [0.15, 0.2) is 24.3 Å². The van der Waals surface area contributed by atoms with Gasteiger partial charge < -0.3 is 14.4 Å². The highest BCUT2D eigenvalue weighted by atomic mass is 19.4. The van der Waals surface area contributed by atoms with Gasteiger partial charge in [0.25, 0.3) is 0 Å². The van der Waals surface area contributed by atoms with Gasteiger partial charge >= 0.3 is 6.18 Å². The summed E-state index contributed by atoms with van der Waals surface area (Å²) in [6, 6.07) is 4.85. The Balaban J connectivity index is 1.82. The van der Waals surface area contributed by atoms with Crippen molar-refractivity contribution in [3.05, 3.63) is 30.1 Å². The van der Waals surface area contributed by atoms with Crippen LogP contribution in [-0.4, -0.2) is 49.4 Å². The van der Waals surface area contributed by atoms with Gasteiger partial charge in [0.05, 0.1) is 19.3 Å². The third-order valence-corrected chi connectivity index (χ3v) is 3.86. The van der Waals surface area contributed by atoms with E-state index >= 15 is 0 Å². The van der Waals surface area contributed by atoms with Crippen LogP contribution in [0.3, 0.4) is 0 Å². The first-order chi connectivity index (χ1) is 11.8. The molecule has 1 atom stereocenters. The molecule has 1 aromatic rings. The molecule has 4 nitrogen and oxygen atoms in total. The van der Waals surface area contributed by atoms with Crippen LogP contribution < -0.4 is 4.74 Å². The molecule has 0 N–H and O–H groups in total. The number of alkyl halides is 3. The molecule has 1 amide bonds. The average Bonchev–Trinajstić information content (AvgIpc) is 2.58. The minimum absolute atomic E-state index is 0.0478. The number of carbonyl (C=O) groups excluding carboxylic acids is 1. The van der Waals surface area contributed by atoms with Gasteiger partial charge in [0.2, 0.25) is 5.91 Å². The zero-order chi connectivity index (χ0) is 18.3. The van der Waals surface area contributed by atoms with E-state index in [0.717, 1.165) is 4.90 Å². The monoisotopic (exact) mass is 363 g/mol. The SMILES string of the molecule is O=C(CCCOc1ccc(F)cc1)N(CC(F)(F)F)C1CCCOC1. The standard InChI is InChI=1S/C17H21F4NO3/c18-13-5-7-15(8-6-13)25-10-2-4-16(23)22(12-17(19,20)21)14-3-1-9-24-11-14/h5-8,14H,1-4,9-12H2. The predicted molar refractivity (Wildman–Crippen MR) is 82.7 cm³/mol. The molecule has 0 saturated carbocycles. The molecule has 140 valence electrons. The van der Waals surface area contributed by atoms with E-state index < -0.39 is 24.7 Å². The number of hydrogen-bond donors (Lipinski definition) is 0. The minimum Gasteiger partial charge on any atom is -0.494 e. The van der Waals surface area contributed by atoms with Gasteiger partial charge in [0.1, 0.15) is 18.1 Å². The molecule has 1 heterocycles. The first-order valence-electron chi connectivity index (χ1n) is 8.17. The first-order valence-corrected chi connectivity index (χ1v) is 8.17. The second-order valence-electron chi connectivity index (χ2n) is 5.91. The van der Waals surface area contributed by atoms with Crippen molar-refractivity contribution in [1.82, 2.24) is 4.90 Å². The Bertz CT molecular complexity index is 542. The smallest absolute Gasteiger partial charge is 0.406 e. The maximum Gasteiger partial charge on any atom is 0.406 e. The zero-order valence-corrected chi connectivity index (χ0v) is 13.7. The summed E-state index contributed by atoms with van der Waals surface area (Å²) in [6.45, 7) is -0.457. The van der Waals surface area contributed by atoms with Crippen molar-refractivity contribution in [2.75, 3.05) is 26.4 Å². The summed E-state index contributed by atoms with van der Waals surface area (Å²) in [6.07, 6.45) is -3.07. The van der Waals surface area contributed by atoms with Crippen LogP contribution in [0.4, 0.5) is 17.6 Å². The quantitative estimate of drug-likeness (QED) is 0.549. The number of nitrogens with zero attached hydrogens (tertiary/aromatic N) is 1. The lowest BCUT2D eigenvalue weighted by Gasteiger charge is -2.34. The summed E-state index contributed by atoms with van der Waals surface area (Å²) < 4.78 is 61.7. The normalized spacial score (nSPS) is 18.0. The highest BCUT2D eigenvalue weighted by Gasteiger charge is 2.36. The van der Waals surface area contributed by atoms with Crippen LogP contribution in [0.5, 0.6) is 5.75 Å². The Morgan fingerprint density at radius 3 is 2.60 bits per heavy atom. The maximum atomic E-state index is 12.8. The van der Waals surface area contributed by atoms with Crippen molar-refractivity contribution in [2.45, 2.75) is 37.9 Å². The van der Waals surface area contributed by atoms with E-state index in [-0.39, 0.29) is 31.9 Å². The molecule has 1 aliphatic rings. The highest BCUT2D eigenvalue weighted by molar-refractivity contribution is 5.76. The van der Waals surface area contributed by atoms with Gasteiger partial charge in [-0.2, -0.15) is 13.2 Å². The third-order valence-electron chi connectivity index (χ3n) is 3.86. The lowest BCUT2D eigenvalue weighted by Crippen LogP contribution is -2.49. The third kappa shape index (κ3) is 6.89. The summed E-state index contributed by atoms with van der Waals surface area (Å²) in [5.41, 5.74) is 0. The summed E-state index contributed by atoms with van der Waals surface area (Å²) in [5, 5.41) is 0. The fourth-order valence-electron chi connectivity index (χ4n) is 2.67. The number of carbonyl (C=O) groups is 1. The van der Waals surface area contributed by atoms with Crippen molar-refractivity contribution in [3.8, 4) is 5.75 Å². The van der Waals surface area contributed by atoms with Gasteiger partial charge in [-0.15, -0.1) is 0 Å². The fraction of sp³-hybridized carbons (Fsp3) is 0.588. The summed E-state index contributed by atoms with van der Waals surface area (Å²) >= 11 is 0. The van der Waals surface area contributed by atoms with Crippen LogP contribution in [-0.2, 0) is 9.53 Å². The molecule has 1 aliphatic heterocycles. The number of ether oxygens (including phenoxy) is 2. The maximum absolute atomic E-state index is 12.8. The largest absolute Gasteiger partial charge is 0.494 e. The number of halogens is 4. The number of hydrogen-bond acceptors (Lipinski definition) is 3. The number of benzene rings is 1. The fourth-order valence-corrected chi connectivity index (χ4v) is 2.67. The first kappa shape index (κ1) is 19.5. The van der Waals surface area contributed by atoms with Gasteiger partial charge in [0.15, 0.2) is 0 Å². The second-order valence-corrected chi connectivity index (χ2v) is 5.91. The van der Waals surface area contributed by atoms with Crippen molar-refractivity contribution >= 4 is 5.91 Å². The predicted octanol–water partition coefficient (Wildman–Crippen LogP) is 3.55. The van der Waals surface area contributed by atoms with Crippen molar-refractivity contribution < 1.29 is 31.8 Å². The lowest BCUT2D eigenvalue weighted by molar-refractivity contribution is -0.170. The second kappa shape index (κ2) is 9.03. The van der Waals surface area contributed by atoms with Crippen LogP contribution >= 0.6 is 0 Å². The minimum atomic E-state index is -4.45. The van der Waals surface area contributed by atoms with Gasteiger partial charge in [-0.3, -0.25) is 4.79 Å². The summed E-state index contributed by atoms with van der Waals surface area (Å²) in [4.78, 5) is 13.1. The molecule has 25 heavy (non-hydrogen) atoms. The molecule has 0 bridgehead atoms. The Labute approximate surface area is 143 Å². The van der Waals surface area contributed by atoms with Gasteiger partial charge in [0, 0.05) is 13.0 Å². The van der Waals surface area contributed by atoms with E-state index in [1.165, 1.54) is 24.3 Å². The molecule has 1 unspecified atom stereocenters. The Morgan fingerprint density at radius 1 is 1.28 bits per heavy atom. The van der Waals surface area contributed by atoms with Crippen LogP contribution in [0.1, 0.15) is 25.7 Å². The van der Waals surface area contributed by atoms with E-state index in [9.17, 15) is 22.4 Å². The van der Waals surface area contributed by atoms with Gasteiger partial charge in [-0.05, 0) is 43.5 Å². The Hall–Kier alpha value is -1.83. The van der Waals surface area contributed by atoms with Gasteiger partial charge in [-0.1, -0.05) is 0 Å². The van der Waals surface area contributed by atoms with Crippen LogP contribution in [0.2, 0.25) is 0 Å². The van der Waals surface area contributed by atoms with Crippen molar-refractivity contribution in [1.29, 1.82) is 0 Å². The molecule has 0 spiro atoms. The van der Waals surface area contributed by atoms with Crippen molar-refractivity contribution in [3.63, 3.8) is 0 Å². The number of amides is 1. The Kier molecular flexibility index (Phi) is 7.04. The highest BCUT2D eigenvalue weighted by Crippen LogP contribution is 2.22. The molecule has 0 radical (unpaired) electrons. The van der Waals surface area contributed by atoms with E-state index in [1.54, 1.807) is 0 Å². The topological polar surface area (TPSA) is 38.8 Å². The molecular formula is C17H21F4NO3. The molecule has 0 aliphatic carbocycles. The van der Waals surface area contributed by atoms with E-state index in [4.69, 9.17) is 9.47 Å². The van der Waals surface area contributed by atoms with Gasteiger partial charge in [-0.25, -0.2) is 4.39 Å². The molecule has 1 saturated heterocycles. The van der Waals surface area contributed by atoms with Crippen LogP contribution in [0, 0.1) is 5.82 Å². The van der Waals surface area contributed by atoms with E-state index in [1.807, 2.05) is 0 Å². The molecule has 1 fully saturated rings. The van der Waals surface area contributed by atoms with Crippen molar-refractivity contribution in [2.24, 2.45) is 0 Å². The molecular weight excluding hydrogens is 342 g/mol. The molecule has 8 heteroatoms. The zero-order valence-electron chi connectivity index (χ0n) is 13.7. The summed E-state index contributed by atoms with van der Waals surface area (Å²) in [7, 11) is 0. The molecule has 1 aromatic carbocycles. The lowest BCUT2D eigenvalue weighted by atomic mass is 10.1.